The monoisotopic (exact) mass is 270 g/mol. The summed E-state index contributed by atoms with van der Waals surface area (Å²) in [6.07, 6.45) is 0. The van der Waals surface area contributed by atoms with E-state index in [1.807, 2.05) is 37.2 Å². The Morgan fingerprint density at radius 2 is 1.94 bits per heavy atom. The van der Waals surface area contributed by atoms with Crippen LogP contribution in [0.25, 0.3) is 0 Å². The molecule has 1 aromatic rings. The molecule has 0 aromatic heterocycles. The van der Waals surface area contributed by atoms with Gasteiger partial charge < -0.3 is 10.2 Å². The lowest BCUT2D eigenvalue weighted by Gasteiger charge is -2.17. The van der Waals surface area contributed by atoms with Crippen molar-refractivity contribution >= 4 is 21.2 Å². The third kappa shape index (κ3) is 4.22. The molecule has 0 atom stereocenters. The van der Waals surface area contributed by atoms with Crippen LogP contribution in [0.15, 0.2) is 18.2 Å². The predicted molar refractivity (Wildman–Crippen MR) is 78.3 cm³/mol. The lowest BCUT2D eigenvalue weighted by atomic mass is 10.1. The second-order valence-electron chi connectivity index (χ2n) is 4.56. The van der Waals surface area contributed by atoms with Crippen LogP contribution in [0.2, 0.25) is 0 Å². The van der Waals surface area contributed by atoms with E-state index >= 15 is 0 Å². The number of benzene rings is 1. The van der Waals surface area contributed by atoms with E-state index in [2.05, 4.69) is 12.2 Å². The molecule has 0 aliphatic heterocycles. The molecule has 0 unspecified atom stereocenters. The topological polar surface area (TPSA) is 49.4 Å². The van der Waals surface area contributed by atoms with E-state index in [9.17, 15) is 8.42 Å². The normalized spacial score (nSPS) is 11.3. The van der Waals surface area contributed by atoms with Crippen LogP contribution in [0, 0.1) is 6.92 Å². The third-order valence-corrected chi connectivity index (χ3v) is 4.58. The van der Waals surface area contributed by atoms with Gasteiger partial charge in [-0.2, -0.15) is 0 Å². The highest BCUT2D eigenvalue weighted by molar-refractivity contribution is 7.91. The zero-order valence-corrected chi connectivity index (χ0v) is 12.3. The van der Waals surface area contributed by atoms with E-state index in [0.717, 1.165) is 11.4 Å². The summed E-state index contributed by atoms with van der Waals surface area (Å²) in [5.41, 5.74) is 3.29. The number of hydrogen-bond acceptors (Lipinski definition) is 4. The van der Waals surface area contributed by atoms with Crippen molar-refractivity contribution in [1.82, 2.24) is 0 Å². The van der Waals surface area contributed by atoms with Gasteiger partial charge in [0.1, 0.15) is 0 Å². The standard InChI is InChI=1S/C13H22N2O2S/c1-5-18(16,17)9-8-14-12-7-6-11(2)13(10-12)15(3)4/h6-7,10,14H,5,8-9H2,1-4H3. The fourth-order valence-corrected chi connectivity index (χ4v) is 2.40. The van der Waals surface area contributed by atoms with Crippen molar-refractivity contribution in [3.63, 3.8) is 0 Å². The molecule has 0 heterocycles. The Bertz CT molecular complexity index is 496. The largest absolute Gasteiger partial charge is 0.384 e. The van der Waals surface area contributed by atoms with E-state index < -0.39 is 9.84 Å². The van der Waals surface area contributed by atoms with Crippen molar-refractivity contribution in [2.24, 2.45) is 0 Å². The molecule has 0 amide bonds. The Morgan fingerprint density at radius 1 is 1.28 bits per heavy atom. The summed E-state index contributed by atoms with van der Waals surface area (Å²) in [6.45, 7) is 4.18. The number of rotatable bonds is 6. The molecule has 0 saturated heterocycles. The third-order valence-electron chi connectivity index (χ3n) is 2.87. The molecule has 1 N–H and O–H groups in total. The molecule has 18 heavy (non-hydrogen) atoms. The SMILES string of the molecule is CCS(=O)(=O)CCNc1ccc(C)c(N(C)C)c1. The lowest BCUT2D eigenvalue weighted by Crippen LogP contribution is -2.17. The van der Waals surface area contributed by atoms with Gasteiger partial charge in [-0.25, -0.2) is 8.42 Å². The summed E-state index contributed by atoms with van der Waals surface area (Å²) in [5.74, 6) is 0.375. The first-order chi connectivity index (χ1) is 8.35. The van der Waals surface area contributed by atoms with Gasteiger partial charge in [0.15, 0.2) is 9.84 Å². The van der Waals surface area contributed by atoms with E-state index in [1.165, 1.54) is 5.56 Å². The van der Waals surface area contributed by atoms with Crippen molar-refractivity contribution in [3.8, 4) is 0 Å². The first-order valence-electron chi connectivity index (χ1n) is 6.08. The minimum absolute atomic E-state index is 0.175. The van der Waals surface area contributed by atoms with Gasteiger partial charge in [-0.3, -0.25) is 0 Å². The predicted octanol–water partition coefficient (Wildman–Crippen LogP) is 1.91. The van der Waals surface area contributed by atoms with E-state index in [1.54, 1.807) is 6.92 Å². The summed E-state index contributed by atoms with van der Waals surface area (Å²) in [6, 6.07) is 6.04. The van der Waals surface area contributed by atoms with Gasteiger partial charge in [0.05, 0.1) is 5.75 Å². The van der Waals surface area contributed by atoms with Crippen LogP contribution in [-0.2, 0) is 9.84 Å². The minimum Gasteiger partial charge on any atom is -0.384 e. The average Bonchev–Trinajstić information content (AvgIpc) is 2.31. The number of nitrogens with one attached hydrogen (secondary N) is 1. The first kappa shape index (κ1) is 14.8. The van der Waals surface area contributed by atoms with Gasteiger partial charge in [0.2, 0.25) is 0 Å². The van der Waals surface area contributed by atoms with Crippen molar-refractivity contribution in [2.45, 2.75) is 13.8 Å². The molecule has 4 nitrogen and oxygen atoms in total. The Hall–Kier alpha value is -1.23. The summed E-state index contributed by atoms with van der Waals surface area (Å²) in [4.78, 5) is 2.04. The number of anilines is 2. The van der Waals surface area contributed by atoms with E-state index in [4.69, 9.17) is 0 Å². The lowest BCUT2D eigenvalue weighted by molar-refractivity contribution is 0.597. The maximum Gasteiger partial charge on any atom is 0.151 e. The highest BCUT2D eigenvalue weighted by atomic mass is 32.2. The van der Waals surface area contributed by atoms with Crippen LogP contribution in [0.1, 0.15) is 12.5 Å². The molecule has 102 valence electrons. The van der Waals surface area contributed by atoms with Crippen LogP contribution in [-0.4, -0.2) is 40.6 Å². The van der Waals surface area contributed by atoms with Gasteiger partial charge in [-0.1, -0.05) is 13.0 Å². The number of aryl methyl sites for hydroxylation is 1. The van der Waals surface area contributed by atoms with Crippen LogP contribution in [0.5, 0.6) is 0 Å². The Kier molecular flexibility index (Phi) is 5.02. The molecule has 0 radical (unpaired) electrons. The zero-order valence-electron chi connectivity index (χ0n) is 11.5. The number of sulfone groups is 1. The molecule has 0 saturated carbocycles. The Labute approximate surface area is 110 Å². The molecule has 0 aliphatic rings. The number of hydrogen-bond donors (Lipinski definition) is 1. The molecule has 0 spiro atoms. The highest BCUT2D eigenvalue weighted by Gasteiger charge is 2.07. The van der Waals surface area contributed by atoms with E-state index in [-0.39, 0.29) is 11.5 Å². The quantitative estimate of drug-likeness (QED) is 0.858. The van der Waals surface area contributed by atoms with E-state index in [0.29, 0.717) is 6.54 Å². The van der Waals surface area contributed by atoms with Gasteiger partial charge in [-0.05, 0) is 24.6 Å². The van der Waals surface area contributed by atoms with Crippen molar-refractivity contribution in [1.29, 1.82) is 0 Å². The average molecular weight is 270 g/mol. The smallest absolute Gasteiger partial charge is 0.151 e. The molecule has 0 fully saturated rings. The second kappa shape index (κ2) is 6.09. The molecule has 5 heteroatoms. The summed E-state index contributed by atoms with van der Waals surface area (Å²) in [5, 5.41) is 3.15. The summed E-state index contributed by atoms with van der Waals surface area (Å²) >= 11 is 0. The molecule has 0 aliphatic carbocycles. The fourth-order valence-electron chi connectivity index (χ4n) is 1.70. The second-order valence-corrected chi connectivity index (χ2v) is 7.03. The van der Waals surface area contributed by atoms with Gasteiger partial charge in [0.25, 0.3) is 0 Å². The molecular formula is C13H22N2O2S. The molecule has 0 bridgehead atoms. The van der Waals surface area contributed by atoms with Crippen LogP contribution < -0.4 is 10.2 Å². The Balaban J connectivity index is 2.66. The van der Waals surface area contributed by atoms with Crippen LogP contribution >= 0.6 is 0 Å². The van der Waals surface area contributed by atoms with Gasteiger partial charge in [-0.15, -0.1) is 0 Å². The van der Waals surface area contributed by atoms with Crippen molar-refractivity contribution in [3.05, 3.63) is 23.8 Å². The van der Waals surface area contributed by atoms with Crippen molar-refractivity contribution in [2.75, 3.05) is 42.4 Å². The summed E-state index contributed by atoms with van der Waals surface area (Å²) < 4.78 is 22.7. The van der Waals surface area contributed by atoms with Crippen molar-refractivity contribution < 1.29 is 8.42 Å². The summed E-state index contributed by atoms with van der Waals surface area (Å²) in [7, 11) is 1.09. The highest BCUT2D eigenvalue weighted by Crippen LogP contribution is 2.22. The maximum absolute atomic E-state index is 11.4. The minimum atomic E-state index is -2.90. The molecular weight excluding hydrogens is 248 g/mol. The zero-order chi connectivity index (χ0) is 13.8. The maximum atomic E-state index is 11.4. The molecule has 1 aromatic carbocycles. The van der Waals surface area contributed by atoms with Crippen LogP contribution in [0.3, 0.4) is 0 Å². The Morgan fingerprint density at radius 3 is 2.50 bits per heavy atom. The first-order valence-corrected chi connectivity index (χ1v) is 7.90. The number of nitrogens with zero attached hydrogens (tertiary/aromatic N) is 1. The van der Waals surface area contributed by atoms with Crippen LogP contribution in [0.4, 0.5) is 11.4 Å². The van der Waals surface area contributed by atoms with Gasteiger partial charge >= 0.3 is 0 Å². The molecule has 1 rings (SSSR count). The fraction of sp³-hybridized carbons (Fsp3) is 0.538. The van der Waals surface area contributed by atoms with Gasteiger partial charge in [0, 0.05) is 37.8 Å².